The molecule has 0 radical (unpaired) electrons. The number of carboxylic acid groups (broad SMARTS) is 1. The van der Waals surface area contributed by atoms with Gasteiger partial charge in [0.05, 0.1) is 5.92 Å². The molecule has 3 unspecified atom stereocenters. The van der Waals surface area contributed by atoms with Crippen LogP contribution in [0, 0.1) is 11.8 Å². The molecule has 1 saturated heterocycles. The van der Waals surface area contributed by atoms with Gasteiger partial charge in [0.1, 0.15) is 0 Å². The quantitative estimate of drug-likeness (QED) is 0.744. The van der Waals surface area contributed by atoms with Gasteiger partial charge in [0.2, 0.25) is 0 Å². The highest BCUT2D eigenvalue weighted by atomic mass is 16.4. The van der Waals surface area contributed by atoms with Gasteiger partial charge < -0.3 is 15.3 Å². The van der Waals surface area contributed by atoms with Crippen LogP contribution in [0.3, 0.4) is 0 Å². The van der Waals surface area contributed by atoms with E-state index in [0.717, 1.165) is 25.9 Å². The number of likely N-dealkylation sites (tertiary alicyclic amines) is 1. The fraction of sp³-hybridized carbons (Fsp3) is 0.917. The molecule has 0 aromatic rings. The molecule has 2 fully saturated rings. The minimum atomic E-state index is -0.635. The molecule has 16 heavy (non-hydrogen) atoms. The Labute approximate surface area is 97.0 Å². The fourth-order valence-corrected chi connectivity index (χ4v) is 2.80. The first-order chi connectivity index (χ1) is 7.66. The van der Waals surface area contributed by atoms with E-state index >= 15 is 0 Å². The van der Waals surface area contributed by atoms with Crippen molar-refractivity contribution >= 4 is 5.97 Å². The zero-order valence-electron chi connectivity index (χ0n) is 9.98. The van der Waals surface area contributed by atoms with Crippen molar-refractivity contribution in [2.75, 3.05) is 26.7 Å². The lowest BCUT2D eigenvalue weighted by Gasteiger charge is -2.37. The average molecular weight is 226 g/mol. The Morgan fingerprint density at radius 2 is 2.25 bits per heavy atom. The first-order valence-electron chi connectivity index (χ1n) is 6.31. The molecule has 4 nitrogen and oxygen atoms in total. The molecule has 92 valence electrons. The van der Waals surface area contributed by atoms with Crippen LogP contribution in [0.5, 0.6) is 0 Å². The van der Waals surface area contributed by atoms with Crippen molar-refractivity contribution in [3.63, 3.8) is 0 Å². The number of carbonyl (C=O) groups is 1. The third kappa shape index (κ3) is 2.74. The predicted octanol–water partition coefficient (Wildman–Crippen LogP) is 0.781. The van der Waals surface area contributed by atoms with Gasteiger partial charge in [-0.1, -0.05) is 0 Å². The molecule has 3 atom stereocenters. The molecule has 2 rings (SSSR count). The molecule has 1 heterocycles. The number of rotatable bonds is 4. The fourth-order valence-electron chi connectivity index (χ4n) is 2.80. The lowest BCUT2D eigenvalue weighted by molar-refractivity contribution is -0.146. The Balaban J connectivity index is 1.69. The molecule has 4 heteroatoms. The van der Waals surface area contributed by atoms with Crippen LogP contribution in [0.15, 0.2) is 0 Å². The van der Waals surface area contributed by atoms with Crippen LogP contribution in [0.1, 0.15) is 25.7 Å². The molecule has 2 aliphatic rings. The topological polar surface area (TPSA) is 52.6 Å². The number of hydrogen-bond acceptors (Lipinski definition) is 3. The van der Waals surface area contributed by atoms with Crippen LogP contribution in [-0.4, -0.2) is 48.7 Å². The third-order valence-corrected chi connectivity index (χ3v) is 3.98. The standard InChI is InChI=1S/C12H22N2O2/c1-14-6-2-3-9(8-14)7-13-11-5-4-10(11)12(15)16/h9-11,13H,2-8H2,1H3,(H,15,16). The number of piperidine rings is 1. The van der Waals surface area contributed by atoms with Gasteiger partial charge in [0.25, 0.3) is 0 Å². The second-order valence-corrected chi connectivity index (χ2v) is 5.31. The van der Waals surface area contributed by atoms with E-state index < -0.39 is 5.97 Å². The van der Waals surface area contributed by atoms with Crippen molar-refractivity contribution in [3.8, 4) is 0 Å². The molecule has 1 aliphatic heterocycles. The largest absolute Gasteiger partial charge is 0.481 e. The molecule has 1 saturated carbocycles. The summed E-state index contributed by atoms with van der Waals surface area (Å²) in [6.07, 6.45) is 4.43. The van der Waals surface area contributed by atoms with Crippen LogP contribution in [0.2, 0.25) is 0 Å². The first kappa shape index (κ1) is 11.9. The Morgan fingerprint density at radius 3 is 2.81 bits per heavy atom. The van der Waals surface area contributed by atoms with Crippen molar-refractivity contribution in [2.24, 2.45) is 11.8 Å². The number of nitrogens with one attached hydrogen (secondary N) is 1. The number of nitrogens with zero attached hydrogens (tertiary/aromatic N) is 1. The van der Waals surface area contributed by atoms with Crippen LogP contribution < -0.4 is 5.32 Å². The summed E-state index contributed by atoms with van der Waals surface area (Å²) < 4.78 is 0. The van der Waals surface area contributed by atoms with Crippen LogP contribution in [0.4, 0.5) is 0 Å². The highest BCUT2D eigenvalue weighted by Crippen LogP contribution is 2.28. The first-order valence-corrected chi connectivity index (χ1v) is 6.31. The molecule has 0 spiro atoms. The Kier molecular flexibility index (Phi) is 3.82. The smallest absolute Gasteiger partial charge is 0.308 e. The number of carboxylic acids is 1. The van der Waals surface area contributed by atoms with Crippen LogP contribution >= 0.6 is 0 Å². The van der Waals surface area contributed by atoms with Gasteiger partial charge in [0, 0.05) is 12.6 Å². The summed E-state index contributed by atoms with van der Waals surface area (Å²) in [5.74, 6) is -0.0698. The third-order valence-electron chi connectivity index (χ3n) is 3.98. The van der Waals surface area contributed by atoms with E-state index in [1.807, 2.05) is 0 Å². The van der Waals surface area contributed by atoms with Crippen molar-refractivity contribution in [1.29, 1.82) is 0 Å². The summed E-state index contributed by atoms with van der Waals surface area (Å²) in [7, 11) is 2.16. The summed E-state index contributed by atoms with van der Waals surface area (Å²) in [5.41, 5.74) is 0. The molecule has 0 aromatic heterocycles. The number of hydrogen-bond donors (Lipinski definition) is 2. The van der Waals surface area contributed by atoms with Gasteiger partial charge >= 0.3 is 5.97 Å². The van der Waals surface area contributed by atoms with Crippen molar-refractivity contribution in [1.82, 2.24) is 10.2 Å². The van der Waals surface area contributed by atoms with Crippen LogP contribution in [-0.2, 0) is 4.79 Å². The van der Waals surface area contributed by atoms with E-state index in [1.54, 1.807) is 0 Å². The van der Waals surface area contributed by atoms with Gasteiger partial charge in [-0.05, 0) is 51.7 Å². The molecule has 1 aliphatic carbocycles. The molecule has 0 aromatic carbocycles. The SMILES string of the molecule is CN1CCCC(CNC2CCC2C(=O)O)C1. The minimum absolute atomic E-state index is 0.138. The Morgan fingerprint density at radius 1 is 1.44 bits per heavy atom. The molecule has 2 N–H and O–H groups in total. The average Bonchev–Trinajstić information content (AvgIpc) is 2.15. The van der Waals surface area contributed by atoms with E-state index in [2.05, 4.69) is 17.3 Å². The Hall–Kier alpha value is -0.610. The maximum atomic E-state index is 10.8. The summed E-state index contributed by atoms with van der Waals surface area (Å²) in [6, 6.07) is 0.227. The van der Waals surface area contributed by atoms with Crippen molar-refractivity contribution in [3.05, 3.63) is 0 Å². The van der Waals surface area contributed by atoms with E-state index in [0.29, 0.717) is 5.92 Å². The van der Waals surface area contributed by atoms with Gasteiger partial charge in [-0.15, -0.1) is 0 Å². The van der Waals surface area contributed by atoms with Crippen LogP contribution in [0.25, 0.3) is 0 Å². The summed E-state index contributed by atoms with van der Waals surface area (Å²) in [5, 5.41) is 12.4. The van der Waals surface area contributed by atoms with E-state index in [1.165, 1.54) is 19.4 Å². The minimum Gasteiger partial charge on any atom is -0.481 e. The predicted molar refractivity (Wildman–Crippen MR) is 62.4 cm³/mol. The summed E-state index contributed by atoms with van der Waals surface area (Å²) in [4.78, 5) is 13.2. The highest BCUT2D eigenvalue weighted by molar-refractivity contribution is 5.72. The van der Waals surface area contributed by atoms with Gasteiger partial charge in [-0.3, -0.25) is 4.79 Å². The summed E-state index contributed by atoms with van der Waals surface area (Å²) in [6.45, 7) is 3.34. The second kappa shape index (κ2) is 5.15. The summed E-state index contributed by atoms with van der Waals surface area (Å²) >= 11 is 0. The van der Waals surface area contributed by atoms with E-state index in [9.17, 15) is 4.79 Å². The Bertz CT molecular complexity index is 257. The maximum absolute atomic E-state index is 10.8. The van der Waals surface area contributed by atoms with E-state index in [4.69, 9.17) is 5.11 Å². The normalized spacial score (nSPS) is 35.7. The molecule has 0 amide bonds. The van der Waals surface area contributed by atoms with Gasteiger partial charge in [-0.2, -0.15) is 0 Å². The zero-order chi connectivity index (χ0) is 11.5. The second-order valence-electron chi connectivity index (χ2n) is 5.31. The number of aliphatic carboxylic acids is 1. The van der Waals surface area contributed by atoms with E-state index in [-0.39, 0.29) is 12.0 Å². The molecule has 0 bridgehead atoms. The highest BCUT2D eigenvalue weighted by Gasteiger charge is 2.36. The van der Waals surface area contributed by atoms with Gasteiger partial charge in [0.15, 0.2) is 0 Å². The van der Waals surface area contributed by atoms with Crippen molar-refractivity contribution in [2.45, 2.75) is 31.7 Å². The maximum Gasteiger partial charge on any atom is 0.308 e. The molecular formula is C12H22N2O2. The lowest BCUT2D eigenvalue weighted by Crippen LogP contribution is -2.50. The zero-order valence-corrected chi connectivity index (χ0v) is 9.98. The monoisotopic (exact) mass is 226 g/mol. The molecular weight excluding hydrogens is 204 g/mol. The van der Waals surface area contributed by atoms with Crippen molar-refractivity contribution < 1.29 is 9.90 Å². The lowest BCUT2D eigenvalue weighted by atomic mass is 9.79. The van der Waals surface area contributed by atoms with Gasteiger partial charge in [-0.25, -0.2) is 0 Å².